The largest absolute Gasteiger partial charge is 0.493 e. The van der Waals surface area contributed by atoms with Gasteiger partial charge in [0.2, 0.25) is 11.5 Å². The predicted molar refractivity (Wildman–Crippen MR) is 65.4 cm³/mol. The molecule has 0 bridgehead atoms. The highest BCUT2D eigenvalue weighted by Crippen LogP contribution is 2.46. The second-order valence-electron chi connectivity index (χ2n) is 3.38. The number of nitrogens with two attached hydrogens (primary N) is 1. The summed E-state index contributed by atoms with van der Waals surface area (Å²) in [7, 11) is 6.29. The second kappa shape index (κ2) is 6.20. The van der Waals surface area contributed by atoms with E-state index in [1.54, 1.807) is 28.4 Å². The van der Waals surface area contributed by atoms with Gasteiger partial charge in [0, 0.05) is 5.56 Å². The number of rotatable bonds is 6. The Hall–Kier alpha value is -1.62. The van der Waals surface area contributed by atoms with Crippen molar-refractivity contribution in [1.82, 2.24) is 0 Å². The Morgan fingerprint density at radius 3 is 1.88 bits per heavy atom. The van der Waals surface area contributed by atoms with Crippen LogP contribution >= 0.6 is 0 Å². The number of hydrogen-bond acceptors (Lipinski definition) is 5. The number of hydrogen-bond donors (Lipinski definition) is 1. The highest BCUT2D eigenvalue weighted by atomic mass is 16.5. The number of ether oxygens (including phenoxy) is 4. The summed E-state index contributed by atoms with van der Waals surface area (Å²) in [4.78, 5) is 0. The van der Waals surface area contributed by atoms with Gasteiger partial charge in [0.05, 0.1) is 28.4 Å². The molecule has 0 radical (unpaired) electrons. The molecule has 96 valence electrons. The first kappa shape index (κ1) is 13.4. The molecule has 0 fully saturated rings. The molecule has 0 aromatic heterocycles. The molecule has 0 saturated heterocycles. The minimum absolute atomic E-state index is 0.521. The lowest BCUT2D eigenvalue weighted by molar-refractivity contribution is 0.303. The summed E-state index contributed by atoms with van der Waals surface area (Å²) >= 11 is 0. The summed E-state index contributed by atoms with van der Waals surface area (Å²) in [5.41, 5.74) is 6.50. The van der Waals surface area contributed by atoms with Crippen molar-refractivity contribution in [3.63, 3.8) is 0 Å². The topological polar surface area (TPSA) is 62.9 Å². The maximum Gasteiger partial charge on any atom is 0.207 e. The van der Waals surface area contributed by atoms with Crippen molar-refractivity contribution in [3.8, 4) is 23.0 Å². The lowest BCUT2D eigenvalue weighted by Gasteiger charge is -2.18. The van der Waals surface area contributed by atoms with Gasteiger partial charge in [-0.25, -0.2) is 0 Å². The first-order chi connectivity index (χ1) is 8.23. The third-order valence-corrected chi connectivity index (χ3v) is 2.48. The highest BCUT2D eigenvalue weighted by Gasteiger charge is 2.20. The van der Waals surface area contributed by atoms with Gasteiger partial charge < -0.3 is 24.7 Å². The smallest absolute Gasteiger partial charge is 0.207 e. The van der Waals surface area contributed by atoms with E-state index in [4.69, 9.17) is 24.7 Å². The molecular formula is C12H19NO4. The van der Waals surface area contributed by atoms with Crippen molar-refractivity contribution in [3.05, 3.63) is 11.6 Å². The molecule has 0 aliphatic heterocycles. The number of methoxy groups -OCH3 is 4. The molecule has 5 heteroatoms. The number of benzene rings is 1. The Morgan fingerprint density at radius 1 is 0.882 bits per heavy atom. The first-order valence-electron chi connectivity index (χ1n) is 5.29. The lowest BCUT2D eigenvalue weighted by atomic mass is 10.1. The van der Waals surface area contributed by atoms with Crippen molar-refractivity contribution in [2.24, 2.45) is 5.73 Å². The van der Waals surface area contributed by atoms with E-state index >= 15 is 0 Å². The molecule has 0 aliphatic carbocycles. The van der Waals surface area contributed by atoms with E-state index in [1.807, 2.05) is 6.07 Å². The van der Waals surface area contributed by atoms with E-state index in [1.165, 1.54) is 0 Å². The van der Waals surface area contributed by atoms with Crippen molar-refractivity contribution in [1.29, 1.82) is 0 Å². The van der Waals surface area contributed by atoms with Crippen LogP contribution in [0.3, 0.4) is 0 Å². The van der Waals surface area contributed by atoms with E-state index < -0.39 is 0 Å². The van der Waals surface area contributed by atoms with Crippen LogP contribution in [-0.4, -0.2) is 35.0 Å². The Morgan fingerprint density at radius 2 is 1.47 bits per heavy atom. The molecule has 17 heavy (non-hydrogen) atoms. The third-order valence-electron chi connectivity index (χ3n) is 2.48. The molecule has 1 aromatic carbocycles. The zero-order valence-electron chi connectivity index (χ0n) is 10.7. The molecule has 0 amide bonds. The van der Waals surface area contributed by atoms with Crippen LogP contribution in [0.2, 0.25) is 0 Å². The van der Waals surface area contributed by atoms with Gasteiger partial charge >= 0.3 is 0 Å². The van der Waals surface area contributed by atoms with Crippen LogP contribution in [0, 0.1) is 0 Å². The van der Waals surface area contributed by atoms with E-state index in [9.17, 15) is 0 Å². The fraction of sp³-hybridized carbons (Fsp3) is 0.500. The van der Waals surface area contributed by atoms with Crippen LogP contribution in [0.1, 0.15) is 5.56 Å². The molecule has 0 aliphatic rings. The van der Waals surface area contributed by atoms with Crippen molar-refractivity contribution >= 4 is 0 Å². The van der Waals surface area contributed by atoms with E-state index in [-0.39, 0.29) is 0 Å². The maximum absolute atomic E-state index is 5.57. The molecule has 0 atom stereocenters. The third kappa shape index (κ3) is 2.55. The molecule has 0 heterocycles. The van der Waals surface area contributed by atoms with Gasteiger partial charge in [-0.15, -0.1) is 0 Å². The summed E-state index contributed by atoms with van der Waals surface area (Å²) in [6, 6.07) is 1.85. The quantitative estimate of drug-likeness (QED) is 0.811. The highest BCUT2D eigenvalue weighted by molar-refractivity contribution is 5.62. The van der Waals surface area contributed by atoms with Crippen LogP contribution in [0.4, 0.5) is 0 Å². The van der Waals surface area contributed by atoms with Gasteiger partial charge in [-0.3, -0.25) is 0 Å². The first-order valence-corrected chi connectivity index (χ1v) is 5.29. The standard InChI is InChI=1S/C12H19NO4/c1-14-9-7-8(5-6-13)10(15-2)12(17-4)11(9)16-3/h7H,5-6,13H2,1-4H3. The Bertz CT molecular complexity index is 379. The molecule has 0 spiro atoms. The minimum Gasteiger partial charge on any atom is -0.493 e. The van der Waals surface area contributed by atoms with Gasteiger partial charge in [0.1, 0.15) is 0 Å². The molecule has 2 N–H and O–H groups in total. The Labute approximate surface area is 101 Å². The van der Waals surface area contributed by atoms with Crippen LogP contribution in [0.25, 0.3) is 0 Å². The average molecular weight is 241 g/mol. The minimum atomic E-state index is 0.521. The van der Waals surface area contributed by atoms with Gasteiger partial charge in [-0.2, -0.15) is 0 Å². The molecule has 0 unspecified atom stereocenters. The summed E-state index contributed by atoms with van der Waals surface area (Å²) in [5.74, 6) is 2.29. The van der Waals surface area contributed by atoms with Gasteiger partial charge in [-0.05, 0) is 19.0 Å². The summed E-state index contributed by atoms with van der Waals surface area (Å²) in [6.07, 6.45) is 0.680. The summed E-state index contributed by atoms with van der Waals surface area (Å²) in [6.45, 7) is 0.523. The van der Waals surface area contributed by atoms with E-state index in [2.05, 4.69) is 0 Å². The van der Waals surface area contributed by atoms with Crippen LogP contribution in [0.15, 0.2) is 6.07 Å². The Balaban J connectivity index is 3.42. The van der Waals surface area contributed by atoms with E-state index in [0.717, 1.165) is 5.56 Å². The normalized spacial score (nSPS) is 9.94. The van der Waals surface area contributed by atoms with Crippen LogP contribution < -0.4 is 24.7 Å². The zero-order chi connectivity index (χ0) is 12.8. The van der Waals surface area contributed by atoms with E-state index in [0.29, 0.717) is 36.0 Å². The lowest BCUT2D eigenvalue weighted by Crippen LogP contribution is -2.06. The monoisotopic (exact) mass is 241 g/mol. The zero-order valence-corrected chi connectivity index (χ0v) is 10.7. The average Bonchev–Trinajstić information content (AvgIpc) is 2.37. The second-order valence-corrected chi connectivity index (χ2v) is 3.38. The maximum atomic E-state index is 5.57. The summed E-state index contributed by atoms with van der Waals surface area (Å²) in [5, 5.41) is 0. The van der Waals surface area contributed by atoms with Crippen LogP contribution in [0.5, 0.6) is 23.0 Å². The molecule has 5 nitrogen and oxygen atoms in total. The van der Waals surface area contributed by atoms with Gasteiger partial charge in [0.15, 0.2) is 11.5 Å². The Kier molecular flexibility index (Phi) is 4.90. The molecule has 1 aromatic rings. The predicted octanol–water partition coefficient (Wildman–Crippen LogP) is 1.22. The van der Waals surface area contributed by atoms with Crippen LogP contribution in [-0.2, 0) is 6.42 Å². The fourth-order valence-electron chi connectivity index (χ4n) is 1.75. The van der Waals surface area contributed by atoms with Crippen molar-refractivity contribution in [2.75, 3.05) is 35.0 Å². The van der Waals surface area contributed by atoms with Crippen molar-refractivity contribution < 1.29 is 18.9 Å². The SMILES string of the molecule is COc1cc(CCN)c(OC)c(OC)c1OC. The van der Waals surface area contributed by atoms with Gasteiger partial charge in [0.25, 0.3) is 0 Å². The summed E-state index contributed by atoms with van der Waals surface area (Å²) < 4.78 is 21.2. The van der Waals surface area contributed by atoms with Gasteiger partial charge in [-0.1, -0.05) is 0 Å². The molecule has 1 rings (SSSR count). The molecular weight excluding hydrogens is 222 g/mol. The van der Waals surface area contributed by atoms with Crippen molar-refractivity contribution in [2.45, 2.75) is 6.42 Å². The molecule has 0 saturated carbocycles. The fourth-order valence-corrected chi connectivity index (χ4v) is 1.75.